The summed E-state index contributed by atoms with van der Waals surface area (Å²) in [5.41, 5.74) is 0.977. The van der Waals surface area contributed by atoms with Crippen molar-refractivity contribution in [2.24, 2.45) is 0 Å². The molecule has 1 fully saturated rings. The van der Waals surface area contributed by atoms with E-state index in [1.807, 2.05) is 12.1 Å². The number of amides is 1. The van der Waals surface area contributed by atoms with Gasteiger partial charge in [-0.1, -0.05) is 0 Å². The topological polar surface area (TPSA) is 68.7 Å². The Morgan fingerprint density at radius 2 is 2.18 bits per heavy atom. The average Bonchev–Trinajstić information content (AvgIpc) is 3.06. The number of carbonyl (C=O) groups excluding carboxylic acids is 2. The molecule has 2 heterocycles. The zero-order valence-electron chi connectivity index (χ0n) is 12.9. The summed E-state index contributed by atoms with van der Waals surface area (Å²) in [6.45, 7) is 3.52. The van der Waals surface area contributed by atoms with Crippen molar-refractivity contribution >= 4 is 11.9 Å². The molecular formula is C16H22N2O4. The van der Waals surface area contributed by atoms with Gasteiger partial charge in [0.25, 0.3) is 5.91 Å². The second-order valence-electron chi connectivity index (χ2n) is 5.17. The summed E-state index contributed by atoms with van der Waals surface area (Å²) in [6, 6.07) is 3.72. The molecule has 6 heteroatoms. The maximum absolute atomic E-state index is 12.6. The number of esters is 1. The van der Waals surface area contributed by atoms with E-state index >= 15 is 0 Å². The standard InChI is InChI=1S/C16H22N2O4/c1-2-21-15(19)7-10-18(12-13-5-8-17-9-6-13)16(20)14-4-3-11-22-14/h5-6,8-9,14H,2-4,7,10-12H2,1H3. The first-order valence-corrected chi connectivity index (χ1v) is 7.65. The first-order chi connectivity index (χ1) is 10.7. The van der Waals surface area contributed by atoms with Crippen LogP contribution in [0.4, 0.5) is 0 Å². The minimum absolute atomic E-state index is 0.0568. The molecule has 2 rings (SSSR count). The molecule has 6 nitrogen and oxygen atoms in total. The molecule has 1 aliphatic heterocycles. The third-order valence-electron chi connectivity index (χ3n) is 3.53. The van der Waals surface area contributed by atoms with Crippen LogP contribution in [0.15, 0.2) is 24.5 Å². The first kappa shape index (κ1) is 16.4. The van der Waals surface area contributed by atoms with Crippen LogP contribution < -0.4 is 0 Å². The van der Waals surface area contributed by atoms with Crippen molar-refractivity contribution < 1.29 is 19.1 Å². The summed E-state index contributed by atoms with van der Waals surface area (Å²) in [5.74, 6) is -0.346. The molecule has 1 aromatic heterocycles. The smallest absolute Gasteiger partial charge is 0.307 e. The summed E-state index contributed by atoms with van der Waals surface area (Å²) in [7, 11) is 0. The van der Waals surface area contributed by atoms with E-state index in [1.165, 1.54) is 0 Å². The van der Waals surface area contributed by atoms with Crippen LogP contribution in [-0.4, -0.2) is 47.6 Å². The Hall–Kier alpha value is -1.95. The molecule has 0 radical (unpaired) electrons. The fourth-order valence-corrected chi connectivity index (χ4v) is 2.41. The van der Waals surface area contributed by atoms with E-state index in [0.717, 1.165) is 18.4 Å². The zero-order valence-corrected chi connectivity index (χ0v) is 12.9. The van der Waals surface area contributed by atoms with Gasteiger partial charge in [-0.15, -0.1) is 0 Å². The molecule has 1 aromatic rings. The largest absolute Gasteiger partial charge is 0.466 e. The lowest BCUT2D eigenvalue weighted by molar-refractivity contribution is -0.146. The highest BCUT2D eigenvalue weighted by atomic mass is 16.5. The zero-order chi connectivity index (χ0) is 15.8. The third kappa shape index (κ3) is 4.80. The maximum atomic E-state index is 12.6. The van der Waals surface area contributed by atoms with Crippen LogP contribution in [0.5, 0.6) is 0 Å². The van der Waals surface area contributed by atoms with Crippen LogP contribution in [0.25, 0.3) is 0 Å². The normalized spacial score (nSPS) is 17.2. The fraction of sp³-hybridized carbons (Fsp3) is 0.562. The molecule has 120 valence electrons. The van der Waals surface area contributed by atoms with E-state index in [2.05, 4.69) is 4.98 Å². The maximum Gasteiger partial charge on any atom is 0.307 e. The van der Waals surface area contributed by atoms with Crippen molar-refractivity contribution in [1.29, 1.82) is 0 Å². The van der Waals surface area contributed by atoms with Gasteiger partial charge in [-0.05, 0) is 37.5 Å². The van der Waals surface area contributed by atoms with Crippen molar-refractivity contribution in [2.75, 3.05) is 19.8 Å². The number of nitrogens with zero attached hydrogens (tertiary/aromatic N) is 2. The molecule has 0 aliphatic carbocycles. The van der Waals surface area contributed by atoms with Crippen molar-refractivity contribution in [2.45, 2.75) is 38.8 Å². The average molecular weight is 306 g/mol. The summed E-state index contributed by atoms with van der Waals surface area (Å²) in [4.78, 5) is 29.7. The Kier molecular flexibility index (Phi) is 6.33. The third-order valence-corrected chi connectivity index (χ3v) is 3.53. The van der Waals surface area contributed by atoms with Crippen LogP contribution in [0.1, 0.15) is 31.7 Å². The van der Waals surface area contributed by atoms with Gasteiger partial charge in [-0.3, -0.25) is 14.6 Å². The molecule has 0 spiro atoms. The SMILES string of the molecule is CCOC(=O)CCN(Cc1ccncc1)C(=O)C1CCCO1. The lowest BCUT2D eigenvalue weighted by atomic mass is 10.2. The molecular weight excluding hydrogens is 284 g/mol. The Labute approximate surface area is 130 Å². The van der Waals surface area contributed by atoms with Crippen molar-refractivity contribution in [3.8, 4) is 0 Å². The molecule has 1 amide bonds. The van der Waals surface area contributed by atoms with Gasteiger partial charge >= 0.3 is 5.97 Å². The van der Waals surface area contributed by atoms with E-state index in [-0.39, 0.29) is 24.4 Å². The highest BCUT2D eigenvalue weighted by Crippen LogP contribution is 2.16. The van der Waals surface area contributed by atoms with Gasteiger partial charge in [-0.2, -0.15) is 0 Å². The highest BCUT2D eigenvalue weighted by molar-refractivity contribution is 5.81. The van der Waals surface area contributed by atoms with Crippen molar-refractivity contribution in [3.05, 3.63) is 30.1 Å². The lowest BCUT2D eigenvalue weighted by Gasteiger charge is -2.25. The predicted molar refractivity (Wildman–Crippen MR) is 79.9 cm³/mol. The molecule has 0 N–H and O–H groups in total. The number of rotatable bonds is 7. The summed E-state index contributed by atoms with van der Waals surface area (Å²) < 4.78 is 10.4. The minimum Gasteiger partial charge on any atom is -0.466 e. The summed E-state index contributed by atoms with van der Waals surface area (Å²) >= 11 is 0. The second-order valence-corrected chi connectivity index (χ2v) is 5.17. The number of hydrogen-bond donors (Lipinski definition) is 0. The number of ether oxygens (including phenoxy) is 2. The number of pyridine rings is 1. The van der Waals surface area contributed by atoms with E-state index in [4.69, 9.17) is 9.47 Å². The predicted octanol–water partition coefficient (Wildman–Crippen LogP) is 1.54. The van der Waals surface area contributed by atoms with Crippen molar-refractivity contribution in [1.82, 2.24) is 9.88 Å². The van der Waals surface area contributed by atoms with Gasteiger partial charge in [0.2, 0.25) is 0 Å². The van der Waals surface area contributed by atoms with Gasteiger partial charge < -0.3 is 14.4 Å². The number of carbonyl (C=O) groups is 2. The summed E-state index contributed by atoms with van der Waals surface area (Å²) in [6.07, 6.45) is 4.83. The summed E-state index contributed by atoms with van der Waals surface area (Å²) in [5, 5.41) is 0. The molecule has 0 bridgehead atoms. The van der Waals surface area contributed by atoms with E-state index in [1.54, 1.807) is 24.2 Å². The minimum atomic E-state index is -0.385. The monoisotopic (exact) mass is 306 g/mol. The Bertz CT molecular complexity index is 486. The number of hydrogen-bond acceptors (Lipinski definition) is 5. The van der Waals surface area contributed by atoms with Crippen LogP contribution in [0.2, 0.25) is 0 Å². The van der Waals surface area contributed by atoms with Gasteiger partial charge in [0, 0.05) is 32.1 Å². The highest BCUT2D eigenvalue weighted by Gasteiger charge is 2.28. The lowest BCUT2D eigenvalue weighted by Crippen LogP contribution is -2.39. The van der Waals surface area contributed by atoms with Crippen LogP contribution >= 0.6 is 0 Å². The Morgan fingerprint density at radius 1 is 1.41 bits per heavy atom. The molecule has 1 aliphatic rings. The van der Waals surface area contributed by atoms with E-state index in [9.17, 15) is 9.59 Å². The molecule has 22 heavy (non-hydrogen) atoms. The van der Waals surface area contributed by atoms with E-state index < -0.39 is 0 Å². The first-order valence-electron chi connectivity index (χ1n) is 7.65. The molecule has 1 saturated heterocycles. The van der Waals surface area contributed by atoms with Crippen LogP contribution in [0, 0.1) is 0 Å². The van der Waals surface area contributed by atoms with Crippen LogP contribution in [-0.2, 0) is 25.6 Å². The molecule has 1 atom stereocenters. The second kappa shape index (κ2) is 8.48. The molecule has 1 unspecified atom stereocenters. The van der Waals surface area contributed by atoms with Gasteiger partial charge in [-0.25, -0.2) is 0 Å². The van der Waals surface area contributed by atoms with Gasteiger partial charge in [0.1, 0.15) is 6.10 Å². The fourth-order valence-electron chi connectivity index (χ4n) is 2.41. The molecule has 0 saturated carbocycles. The Balaban J connectivity index is 1.99. The quantitative estimate of drug-likeness (QED) is 0.715. The molecule has 0 aromatic carbocycles. The van der Waals surface area contributed by atoms with Gasteiger partial charge in [0.05, 0.1) is 13.0 Å². The number of aromatic nitrogens is 1. The van der Waals surface area contributed by atoms with Crippen molar-refractivity contribution in [3.63, 3.8) is 0 Å². The van der Waals surface area contributed by atoms with E-state index in [0.29, 0.717) is 26.3 Å². The van der Waals surface area contributed by atoms with Gasteiger partial charge in [0.15, 0.2) is 0 Å². The van der Waals surface area contributed by atoms with Crippen LogP contribution in [0.3, 0.4) is 0 Å². The Morgan fingerprint density at radius 3 is 2.82 bits per heavy atom.